The number of amides is 2. The molecule has 0 saturated heterocycles. The molecule has 2 amide bonds. The van der Waals surface area contributed by atoms with E-state index in [1.54, 1.807) is 10.5 Å². The van der Waals surface area contributed by atoms with Crippen LogP contribution in [0.3, 0.4) is 0 Å². The van der Waals surface area contributed by atoms with E-state index < -0.39 is 0 Å². The van der Waals surface area contributed by atoms with Crippen LogP contribution in [0.4, 0.5) is 0 Å². The van der Waals surface area contributed by atoms with Gasteiger partial charge in [0.05, 0.1) is 6.10 Å². The first-order valence-corrected chi connectivity index (χ1v) is 16.3. The van der Waals surface area contributed by atoms with Gasteiger partial charge in [0.1, 0.15) is 0 Å². The van der Waals surface area contributed by atoms with Crippen LogP contribution in [0.15, 0.2) is 11.6 Å². The molecule has 5 heteroatoms. The molecule has 0 bridgehead atoms. The molecule has 0 aromatic carbocycles. The van der Waals surface area contributed by atoms with Crippen molar-refractivity contribution in [2.24, 2.45) is 46.3 Å². The third kappa shape index (κ3) is 5.24. The summed E-state index contributed by atoms with van der Waals surface area (Å²) in [6.07, 6.45) is 17.4. The van der Waals surface area contributed by atoms with Crippen LogP contribution in [-0.2, 0) is 9.59 Å². The summed E-state index contributed by atoms with van der Waals surface area (Å²) >= 11 is 0. The minimum Gasteiger partial charge on any atom is -0.393 e. The van der Waals surface area contributed by atoms with E-state index in [1.165, 1.54) is 32.1 Å². The maximum atomic E-state index is 13.3. The standard InChI is InChI=1S/C34H56N2O3/c1-22(7-16-31(38)36(6)25-11-8-23(9-12-25)32(39)35(4)5)28-14-15-29-27-13-10-24-21-26(37)17-19-33(24,2)30(27)18-20-34(28,29)3/h10,22-23,25-30,37H,7-9,11-21H2,1-6H3/t22-,23?,25?,26+,27+,28-,29+,30+,33+,34-/m1/s1. The number of rotatable bonds is 6. The van der Waals surface area contributed by atoms with Crippen LogP contribution < -0.4 is 0 Å². The normalized spacial score (nSPS) is 42.4. The number of aliphatic hydroxyl groups is 1. The summed E-state index contributed by atoms with van der Waals surface area (Å²) in [5.41, 5.74) is 2.28. The van der Waals surface area contributed by atoms with Gasteiger partial charge in [0.2, 0.25) is 11.8 Å². The molecule has 220 valence electrons. The lowest BCUT2D eigenvalue weighted by molar-refractivity contribution is -0.136. The van der Waals surface area contributed by atoms with Crippen molar-refractivity contribution in [2.45, 2.75) is 123 Å². The van der Waals surface area contributed by atoms with E-state index in [1.807, 2.05) is 26.0 Å². The number of aliphatic hydroxyl groups excluding tert-OH is 1. The van der Waals surface area contributed by atoms with Crippen molar-refractivity contribution >= 4 is 11.8 Å². The van der Waals surface area contributed by atoms with Gasteiger partial charge in [-0.1, -0.05) is 32.4 Å². The molecule has 0 aliphatic heterocycles. The second kappa shape index (κ2) is 11.1. The number of fused-ring (bicyclic) bond motifs is 5. The first-order chi connectivity index (χ1) is 18.5. The van der Waals surface area contributed by atoms with Crippen molar-refractivity contribution in [1.29, 1.82) is 0 Å². The Balaban J connectivity index is 1.15. The van der Waals surface area contributed by atoms with Gasteiger partial charge in [0.15, 0.2) is 0 Å². The molecular formula is C34H56N2O3. The lowest BCUT2D eigenvalue weighted by Crippen LogP contribution is -2.50. The molecule has 5 aliphatic rings. The summed E-state index contributed by atoms with van der Waals surface area (Å²) in [5.74, 6) is 4.36. The highest BCUT2D eigenvalue weighted by atomic mass is 16.3. The Hall–Kier alpha value is -1.36. The van der Waals surface area contributed by atoms with Gasteiger partial charge in [0, 0.05) is 39.5 Å². The largest absolute Gasteiger partial charge is 0.393 e. The average Bonchev–Trinajstić information content (AvgIpc) is 3.28. The van der Waals surface area contributed by atoms with Crippen LogP contribution in [0.1, 0.15) is 111 Å². The molecule has 39 heavy (non-hydrogen) atoms. The summed E-state index contributed by atoms with van der Waals surface area (Å²) in [6, 6.07) is 0.286. The number of carbonyl (C=O) groups excluding carboxylic acids is 2. The van der Waals surface area contributed by atoms with E-state index in [-0.39, 0.29) is 24.0 Å². The summed E-state index contributed by atoms with van der Waals surface area (Å²) in [4.78, 5) is 29.3. The summed E-state index contributed by atoms with van der Waals surface area (Å²) in [5, 5.41) is 10.3. The van der Waals surface area contributed by atoms with E-state index in [4.69, 9.17) is 0 Å². The summed E-state index contributed by atoms with van der Waals surface area (Å²) in [6.45, 7) is 7.56. The molecule has 0 heterocycles. The Bertz CT molecular complexity index is 952. The van der Waals surface area contributed by atoms with E-state index >= 15 is 0 Å². The SMILES string of the molecule is C[C@H](CCC(=O)N(C)C1CCC(C(=O)N(C)C)CC1)[C@H]1CC[C@H]2[C@@H]3CC=C4C[C@@H](O)CC[C@]4(C)[C@H]3CC[C@]12C. The van der Waals surface area contributed by atoms with Crippen molar-refractivity contribution in [2.75, 3.05) is 21.1 Å². The van der Waals surface area contributed by atoms with E-state index in [0.29, 0.717) is 29.1 Å². The zero-order valence-corrected chi connectivity index (χ0v) is 25.8. The fourth-order valence-electron chi connectivity index (χ4n) is 10.6. The Kier molecular flexibility index (Phi) is 8.32. The van der Waals surface area contributed by atoms with Crippen molar-refractivity contribution in [1.82, 2.24) is 9.80 Å². The van der Waals surface area contributed by atoms with Gasteiger partial charge in [-0.3, -0.25) is 9.59 Å². The topological polar surface area (TPSA) is 60.9 Å². The molecule has 8 atom stereocenters. The smallest absolute Gasteiger partial charge is 0.225 e. The van der Waals surface area contributed by atoms with E-state index in [9.17, 15) is 14.7 Å². The van der Waals surface area contributed by atoms with Crippen molar-refractivity contribution < 1.29 is 14.7 Å². The number of nitrogens with zero attached hydrogens (tertiary/aromatic N) is 2. The number of hydrogen-bond acceptors (Lipinski definition) is 3. The highest BCUT2D eigenvalue weighted by Gasteiger charge is 2.59. The molecule has 4 saturated carbocycles. The van der Waals surface area contributed by atoms with Gasteiger partial charge < -0.3 is 14.9 Å². The van der Waals surface area contributed by atoms with Crippen LogP contribution in [-0.4, -0.2) is 60.0 Å². The Morgan fingerprint density at radius 2 is 1.69 bits per heavy atom. The zero-order chi connectivity index (χ0) is 28.1. The quantitative estimate of drug-likeness (QED) is 0.394. The molecule has 1 N–H and O–H groups in total. The lowest BCUT2D eigenvalue weighted by atomic mass is 9.47. The first-order valence-electron chi connectivity index (χ1n) is 16.3. The minimum absolute atomic E-state index is 0.129. The van der Waals surface area contributed by atoms with Gasteiger partial charge in [-0.2, -0.15) is 0 Å². The van der Waals surface area contributed by atoms with Crippen LogP contribution >= 0.6 is 0 Å². The number of hydrogen-bond donors (Lipinski definition) is 1. The summed E-state index contributed by atoms with van der Waals surface area (Å²) in [7, 11) is 5.68. The molecule has 0 aromatic rings. The van der Waals surface area contributed by atoms with E-state index in [0.717, 1.165) is 75.0 Å². The minimum atomic E-state index is -0.129. The van der Waals surface area contributed by atoms with Gasteiger partial charge in [-0.15, -0.1) is 0 Å². The van der Waals surface area contributed by atoms with Gasteiger partial charge >= 0.3 is 0 Å². The lowest BCUT2D eigenvalue weighted by Gasteiger charge is -2.58. The predicted molar refractivity (Wildman–Crippen MR) is 157 cm³/mol. The van der Waals surface area contributed by atoms with Crippen molar-refractivity contribution in [3.63, 3.8) is 0 Å². The molecule has 5 nitrogen and oxygen atoms in total. The van der Waals surface area contributed by atoms with Gasteiger partial charge in [-0.05, 0) is 124 Å². The summed E-state index contributed by atoms with van der Waals surface area (Å²) < 4.78 is 0. The molecule has 5 aliphatic carbocycles. The Morgan fingerprint density at radius 3 is 2.38 bits per heavy atom. The molecule has 0 radical (unpaired) electrons. The third-order valence-electron chi connectivity index (χ3n) is 13.1. The fourth-order valence-corrected chi connectivity index (χ4v) is 10.6. The van der Waals surface area contributed by atoms with Gasteiger partial charge in [-0.25, -0.2) is 0 Å². The first kappa shape index (κ1) is 29.1. The maximum Gasteiger partial charge on any atom is 0.225 e. The van der Waals surface area contributed by atoms with Crippen LogP contribution in [0.2, 0.25) is 0 Å². The predicted octanol–water partition coefficient (Wildman–Crippen LogP) is 6.45. The van der Waals surface area contributed by atoms with Crippen molar-refractivity contribution in [3.05, 3.63) is 11.6 Å². The maximum absolute atomic E-state index is 13.3. The fraction of sp³-hybridized carbons (Fsp3) is 0.882. The van der Waals surface area contributed by atoms with Gasteiger partial charge in [0.25, 0.3) is 0 Å². The zero-order valence-electron chi connectivity index (χ0n) is 25.8. The number of carbonyl (C=O) groups is 2. The highest BCUT2D eigenvalue weighted by molar-refractivity contribution is 5.78. The molecule has 0 aromatic heterocycles. The number of allylic oxidation sites excluding steroid dienone is 1. The Labute approximate surface area is 238 Å². The van der Waals surface area contributed by atoms with E-state index in [2.05, 4.69) is 26.8 Å². The van der Waals surface area contributed by atoms with Crippen LogP contribution in [0.25, 0.3) is 0 Å². The van der Waals surface area contributed by atoms with Crippen LogP contribution in [0, 0.1) is 46.3 Å². The Morgan fingerprint density at radius 1 is 0.974 bits per heavy atom. The molecule has 0 unspecified atom stereocenters. The molecule has 0 spiro atoms. The molecule has 4 fully saturated rings. The third-order valence-corrected chi connectivity index (χ3v) is 13.1. The van der Waals surface area contributed by atoms with Crippen molar-refractivity contribution in [3.8, 4) is 0 Å². The van der Waals surface area contributed by atoms with Crippen LogP contribution in [0.5, 0.6) is 0 Å². The molecular weight excluding hydrogens is 484 g/mol. The average molecular weight is 541 g/mol. The second-order valence-corrected chi connectivity index (χ2v) is 15.1. The monoisotopic (exact) mass is 540 g/mol. The second-order valence-electron chi connectivity index (χ2n) is 15.1. The molecule has 5 rings (SSSR count). The highest BCUT2D eigenvalue weighted by Crippen LogP contribution is 2.67.